The average molecular weight is 211 g/mol. The van der Waals surface area contributed by atoms with E-state index < -0.39 is 18.1 Å². The molecule has 0 spiro atoms. The number of para-hydroxylation sites is 1. The van der Waals surface area contributed by atoms with Crippen LogP contribution in [0, 0.1) is 0 Å². The third-order valence-electron chi connectivity index (χ3n) is 2.08. The summed E-state index contributed by atoms with van der Waals surface area (Å²) >= 11 is 0. The summed E-state index contributed by atoms with van der Waals surface area (Å²) in [6.07, 6.45) is -1.28. The highest BCUT2D eigenvalue weighted by Crippen LogP contribution is 2.26. The molecule has 0 aliphatic carbocycles. The van der Waals surface area contributed by atoms with E-state index in [9.17, 15) is 9.90 Å². The summed E-state index contributed by atoms with van der Waals surface area (Å²) in [7, 11) is 1.44. The smallest absolute Gasteiger partial charge is 0.323 e. The Labute approximate surface area is 87.1 Å². The van der Waals surface area contributed by atoms with E-state index in [-0.39, 0.29) is 0 Å². The molecule has 0 saturated carbocycles. The van der Waals surface area contributed by atoms with Crippen LogP contribution in [0.2, 0.25) is 0 Å². The SMILES string of the molecule is COc1ccccc1[C@@H](O)[C@H](N)C(=O)O. The van der Waals surface area contributed by atoms with E-state index in [4.69, 9.17) is 15.6 Å². The molecule has 1 aromatic rings. The van der Waals surface area contributed by atoms with Crippen LogP contribution < -0.4 is 10.5 Å². The van der Waals surface area contributed by atoms with Gasteiger partial charge in [0.1, 0.15) is 17.9 Å². The van der Waals surface area contributed by atoms with Gasteiger partial charge in [-0.05, 0) is 6.07 Å². The van der Waals surface area contributed by atoms with E-state index in [0.717, 1.165) is 0 Å². The first-order valence-electron chi connectivity index (χ1n) is 4.37. The second kappa shape index (κ2) is 4.77. The van der Waals surface area contributed by atoms with Gasteiger partial charge in [0.15, 0.2) is 0 Å². The van der Waals surface area contributed by atoms with Gasteiger partial charge in [0.25, 0.3) is 0 Å². The fourth-order valence-corrected chi connectivity index (χ4v) is 1.24. The summed E-state index contributed by atoms with van der Waals surface area (Å²) in [5.41, 5.74) is 5.68. The monoisotopic (exact) mass is 211 g/mol. The molecule has 1 aromatic carbocycles. The fourth-order valence-electron chi connectivity index (χ4n) is 1.24. The Balaban J connectivity index is 2.99. The highest BCUT2D eigenvalue weighted by Gasteiger charge is 2.25. The van der Waals surface area contributed by atoms with Crippen molar-refractivity contribution in [1.82, 2.24) is 0 Å². The first kappa shape index (κ1) is 11.5. The second-order valence-corrected chi connectivity index (χ2v) is 3.05. The quantitative estimate of drug-likeness (QED) is 0.658. The van der Waals surface area contributed by atoms with Gasteiger partial charge in [-0.2, -0.15) is 0 Å². The minimum absolute atomic E-state index is 0.370. The number of carboxylic acids is 1. The van der Waals surface area contributed by atoms with Crippen LogP contribution in [0.25, 0.3) is 0 Å². The van der Waals surface area contributed by atoms with E-state index in [2.05, 4.69) is 0 Å². The molecule has 0 heterocycles. The van der Waals surface area contributed by atoms with Crippen LogP contribution in [-0.4, -0.2) is 29.3 Å². The molecule has 0 radical (unpaired) electrons. The van der Waals surface area contributed by atoms with Gasteiger partial charge in [-0.15, -0.1) is 0 Å². The van der Waals surface area contributed by atoms with E-state index >= 15 is 0 Å². The van der Waals surface area contributed by atoms with Crippen LogP contribution in [0.1, 0.15) is 11.7 Å². The maximum absolute atomic E-state index is 10.6. The number of hydrogen-bond acceptors (Lipinski definition) is 4. The van der Waals surface area contributed by atoms with E-state index in [1.807, 2.05) is 0 Å². The van der Waals surface area contributed by atoms with Crippen molar-refractivity contribution in [3.05, 3.63) is 29.8 Å². The zero-order chi connectivity index (χ0) is 11.4. The molecular weight excluding hydrogens is 198 g/mol. The molecule has 0 aliphatic heterocycles. The van der Waals surface area contributed by atoms with Crippen molar-refractivity contribution in [3.63, 3.8) is 0 Å². The molecule has 0 fully saturated rings. The number of methoxy groups -OCH3 is 1. The fraction of sp³-hybridized carbons (Fsp3) is 0.300. The molecule has 82 valence electrons. The largest absolute Gasteiger partial charge is 0.496 e. The predicted molar refractivity (Wildman–Crippen MR) is 53.6 cm³/mol. The Morgan fingerprint density at radius 3 is 2.60 bits per heavy atom. The molecule has 0 bridgehead atoms. The van der Waals surface area contributed by atoms with Gasteiger partial charge in [-0.25, -0.2) is 0 Å². The zero-order valence-electron chi connectivity index (χ0n) is 8.25. The van der Waals surface area contributed by atoms with Gasteiger partial charge in [0.05, 0.1) is 7.11 Å². The summed E-state index contributed by atoms with van der Waals surface area (Å²) in [5, 5.41) is 18.3. The highest BCUT2D eigenvalue weighted by atomic mass is 16.5. The number of aliphatic hydroxyl groups is 1. The number of benzene rings is 1. The first-order valence-corrected chi connectivity index (χ1v) is 4.37. The Morgan fingerprint density at radius 2 is 2.07 bits per heavy atom. The van der Waals surface area contributed by atoms with Crippen molar-refractivity contribution >= 4 is 5.97 Å². The lowest BCUT2D eigenvalue weighted by Gasteiger charge is -2.17. The number of aliphatic carboxylic acids is 1. The lowest BCUT2D eigenvalue weighted by Crippen LogP contribution is -2.36. The third-order valence-corrected chi connectivity index (χ3v) is 2.08. The summed E-state index contributed by atoms with van der Waals surface area (Å²) in [4.78, 5) is 10.6. The highest BCUT2D eigenvalue weighted by molar-refractivity contribution is 5.74. The minimum Gasteiger partial charge on any atom is -0.496 e. The molecule has 0 saturated heterocycles. The number of carboxylic acid groups (broad SMARTS) is 1. The van der Waals surface area contributed by atoms with Crippen molar-refractivity contribution in [2.24, 2.45) is 5.73 Å². The Morgan fingerprint density at radius 1 is 1.47 bits per heavy atom. The first-order chi connectivity index (χ1) is 7.07. The summed E-state index contributed by atoms with van der Waals surface area (Å²) < 4.78 is 4.99. The predicted octanol–water partition coefficient (Wildman–Crippen LogP) is 0.140. The summed E-state index contributed by atoms with van der Waals surface area (Å²) in [6.45, 7) is 0. The number of carbonyl (C=O) groups is 1. The molecule has 0 amide bonds. The lowest BCUT2D eigenvalue weighted by molar-refractivity contribution is -0.141. The van der Waals surface area contributed by atoms with Crippen molar-refractivity contribution in [2.75, 3.05) is 7.11 Å². The Kier molecular flexibility index (Phi) is 3.65. The number of ether oxygens (including phenoxy) is 1. The van der Waals surface area contributed by atoms with Gasteiger partial charge >= 0.3 is 5.97 Å². The maximum atomic E-state index is 10.6. The molecule has 0 aliphatic rings. The molecule has 0 aromatic heterocycles. The number of rotatable bonds is 4. The van der Waals surface area contributed by atoms with Crippen molar-refractivity contribution < 1.29 is 19.7 Å². The molecule has 2 atom stereocenters. The van der Waals surface area contributed by atoms with E-state index in [0.29, 0.717) is 11.3 Å². The molecule has 1 rings (SSSR count). The van der Waals surface area contributed by atoms with Crippen LogP contribution in [0.4, 0.5) is 0 Å². The lowest BCUT2D eigenvalue weighted by atomic mass is 10.0. The standard InChI is InChI=1S/C10H13NO4/c1-15-7-5-3-2-4-6(7)9(12)8(11)10(13)14/h2-5,8-9,12H,11H2,1H3,(H,13,14)/t8-,9+/m0/s1. The molecule has 0 unspecified atom stereocenters. The van der Waals surface area contributed by atoms with Crippen molar-refractivity contribution in [3.8, 4) is 5.75 Å². The average Bonchev–Trinajstić information content (AvgIpc) is 2.26. The van der Waals surface area contributed by atoms with Gasteiger partial charge < -0.3 is 20.7 Å². The van der Waals surface area contributed by atoms with Crippen molar-refractivity contribution in [2.45, 2.75) is 12.1 Å². The number of aliphatic hydroxyl groups excluding tert-OH is 1. The van der Waals surface area contributed by atoms with Crippen LogP contribution in [-0.2, 0) is 4.79 Å². The van der Waals surface area contributed by atoms with Crippen LogP contribution >= 0.6 is 0 Å². The van der Waals surface area contributed by atoms with Gasteiger partial charge in [0, 0.05) is 5.56 Å². The number of hydrogen-bond donors (Lipinski definition) is 3. The minimum atomic E-state index is -1.36. The van der Waals surface area contributed by atoms with Crippen LogP contribution in [0.3, 0.4) is 0 Å². The molecular formula is C10H13NO4. The summed E-state index contributed by atoms with van der Waals surface area (Å²) in [5.74, 6) is -0.838. The summed E-state index contributed by atoms with van der Waals surface area (Å²) in [6, 6.07) is 5.25. The van der Waals surface area contributed by atoms with Gasteiger partial charge in [-0.1, -0.05) is 18.2 Å². The van der Waals surface area contributed by atoms with E-state index in [1.54, 1.807) is 24.3 Å². The van der Waals surface area contributed by atoms with Gasteiger partial charge in [-0.3, -0.25) is 4.79 Å². The van der Waals surface area contributed by atoms with Crippen molar-refractivity contribution in [1.29, 1.82) is 0 Å². The molecule has 4 N–H and O–H groups in total. The van der Waals surface area contributed by atoms with Gasteiger partial charge in [0.2, 0.25) is 0 Å². The van der Waals surface area contributed by atoms with Crippen LogP contribution in [0.15, 0.2) is 24.3 Å². The molecule has 5 nitrogen and oxygen atoms in total. The normalized spacial score (nSPS) is 14.3. The van der Waals surface area contributed by atoms with E-state index in [1.165, 1.54) is 7.11 Å². The second-order valence-electron chi connectivity index (χ2n) is 3.05. The Bertz CT molecular complexity index is 353. The topological polar surface area (TPSA) is 92.8 Å². The maximum Gasteiger partial charge on any atom is 0.323 e. The zero-order valence-corrected chi connectivity index (χ0v) is 8.25. The Hall–Kier alpha value is -1.59. The third kappa shape index (κ3) is 2.45. The number of nitrogens with two attached hydrogens (primary N) is 1. The van der Waals surface area contributed by atoms with Crippen LogP contribution in [0.5, 0.6) is 5.75 Å². The molecule has 5 heteroatoms. The molecule has 15 heavy (non-hydrogen) atoms.